The molecule has 1 atom stereocenters. The maximum Gasteiger partial charge on any atom is 0 e. The molecule has 0 aromatic carbocycles. The monoisotopic (exact) mass is 240 g/mol. The zero-order valence-electron chi connectivity index (χ0n) is 3.17. The Bertz CT molecular complexity index is 48.8. The van der Waals surface area contributed by atoms with E-state index in [1.807, 2.05) is 0 Å². The summed E-state index contributed by atoms with van der Waals surface area (Å²) in [5.41, 5.74) is 0. The predicted octanol–water partition coefficient (Wildman–Crippen LogP) is -1.35. The van der Waals surface area contributed by atoms with E-state index in [0.29, 0.717) is 0 Å². The Kier molecular flexibility index (Phi) is 9.49. The Hall–Kier alpha value is 0.756. The quantitative estimate of drug-likeness (QED) is 0.575. The molecule has 0 bridgehead atoms. The van der Waals surface area contributed by atoms with E-state index in [2.05, 4.69) is 0 Å². The standard InChI is InChI=1S/CH4AsBO2.Pd/c3-2-1(4)5;/h2H,3H2,(H,4,5);. The number of hydrogen-bond donors (Lipinski definition) is 1. The van der Waals surface area contributed by atoms with Gasteiger partial charge < -0.3 is 0 Å². The van der Waals surface area contributed by atoms with Crippen molar-refractivity contribution in [2.24, 2.45) is 0 Å². The first-order chi connectivity index (χ1) is 2.27. The molecule has 38 valence electrons. The minimum absolute atomic E-state index is 0. The number of rotatable bonds is 1. The van der Waals surface area contributed by atoms with Crippen LogP contribution in [0.2, 0.25) is 0 Å². The van der Waals surface area contributed by atoms with Gasteiger partial charge in [0.1, 0.15) is 0 Å². The van der Waals surface area contributed by atoms with Crippen LogP contribution in [0.5, 0.6) is 0 Å². The third-order valence-corrected chi connectivity index (χ3v) is 1.11. The molecule has 0 saturated carbocycles. The Morgan fingerprint density at radius 2 is 2.00 bits per heavy atom. The topological polar surface area (TPSA) is 37.3 Å². The van der Waals surface area contributed by atoms with Gasteiger partial charge in [-0.1, -0.05) is 0 Å². The van der Waals surface area contributed by atoms with Crippen molar-refractivity contribution in [3.63, 3.8) is 0 Å². The fourth-order valence-electron chi connectivity index (χ4n) is 0. The van der Waals surface area contributed by atoms with Crippen LogP contribution in [-0.4, -0.2) is 32.0 Å². The van der Waals surface area contributed by atoms with E-state index in [-0.39, 0.29) is 20.4 Å². The molecule has 1 N–H and O–H groups in total. The fraction of sp³-hybridized carbons (Fsp3) is 0. The predicted molar refractivity (Wildman–Crippen MR) is 23.7 cm³/mol. The van der Waals surface area contributed by atoms with E-state index < -0.39 is 20.3 Å². The molecule has 5 heteroatoms. The molecular weight excluding hydrogens is 236 g/mol. The summed E-state index contributed by atoms with van der Waals surface area (Å²) >= 11 is -0.639. The summed E-state index contributed by atoms with van der Waals surface area (Å²) in [5.74, 6) is 0. The minimum atomic E-state index is -0.639. The van der Waals surface area contributed by atoms with Crippen molar-refractivity contribution in [3.8, 4) is 0 Å². The Labute approximate surface area is 57.3 Å². The van der Waals surface area contributed by atoms with Crippen molar-refractivity contribution < 1.29 is 30.3 Å². The summed E-state index contributed by atoms with van der Waals surface area (Å²) < 4.78 is -0.620. The largest absolute Gasteiger partial charge is 0 e. The van der Waals surface area contributed by atoms with Gasteiger partial charge in [0.2, 0.25) is 0 Å². The Balaban J connectivity index is 0. The molecule has 0 aliphatic heterocycles. The van der Waals surface area contributed by atoms with E-state index >= 15 is 0 Å². The van der Waals surface area contributed by atoms with Gasteiger partial charge in [-0.25, -0.2) is 0 Å². The second-order valence-electron chi connectivity index (χ2n) is 0.555. The van der Waals surface area contributed by atoms with Gasteiger partial charge >= 0.3 is 36.8 Å². The second kappa shape index (κ2) is 5.76. The van der Waals surface area contributed by atoms with Crippen molar-refractivity contribution in [2.45, 2.75) is 0 Å². The van der Waals surface area contributed by atoms with Crippen molar-refractivity contribution in [1.29, 1.82) is 0 Å². The van der Waals surface area contributed by atoms with Crippen LogP contribution in [0, 0.1) is 0 Å². The van der Waals surface area contributed by atoms with Crippen LogP contribution in [-0.2, 0) is 20.4 Å². The number of hydrogen-bond acceptors (Lipinski definition) is 1. The molecule has 6 heavy (non-hydrogen) atoms. The Morgan fingerprint density at radius 1 is 1.83 bits per heavy atom. The molecule has 0 radical (unpaired) electrons. The summed E-state index contributed by atoms with van der Waals surface area (Å²) in [4.78, 5) is 9.42. The molecule has 2 nitrogen and oxygen atoms in total. The molecule has 0 heterocycles. The molecule has 0 amide bonds. The molecule has 0 aromatic heterocycles. The van der Waals surface area contributed by atoms with Gasteiger partial charge in [0.25, 0.3) is 0 Å². The van der Waals surface area contributed by atoms with Gasteiger partial charge in [0.15, 0.2) is 0 Å². The molecular formula is CH4AsBO2Pd. The van der Waals surface area contributed by atoms with Gasteiger partial charge in [0.05, 0.1) is 0 Å². The van der Waals surface area contributed by atoms with Crippen LogP contribution in [0.4, 0.5) is 4.79 Å². The molecule has 0 aromatic rings. The molecule has 1 unspecified atom stereocenters. The van der Waals surface area contributed by atoms with Gasteiger partial charge in [-0.3, -0.25) is 0 Å². The summed E-state index contributed by atoms with van der Waals surface area (Å²) in [6, 6.07) is 0. The van der Waals surface area contributed by atoms with Crippen LogP contribution in [0.15, 0.2) is 0 Å². The maximum atomic E-state index is 9.42. The van der Waals surface area contributed by atoms with Crippen molar-refractivity contribution >= 4 is 26.9 Å². The van der Waals surface area contributed by atoms with E-state index in [1.54, 1.807) is 6.54 Å². The van der Waals surface area contributed by atoms with Crippen LogP contribution >= 0.6 is 0 Å². The molecule has 0 aliphatic rings. The van der Waals surface area contributed by atoms with Gasteiger partial charge in [-0.15, -0.1) is 0 Å². The number of carbonyl (C=O) groups is 1. The molecule has 0 rings (SSSR count). The summed E-state index contributed by atoms with van der Waals surface area (Å²) in [6.45, 7) is 1.72. The minimum Gasteiger partial charge on any atom is 0 e. The fourth-order valence-corrected chi connectivity index (χ4v) is 0. The molecule has 0 aliphatic carbocycles. The van der Waals surface area contributed by atoms with Crippen LogP contribution in [0.25, 0.3) is 0 Å². The van der Waals surface area contributed by atoms with E-state index in [1.165, 1.54) is 0 Å². The van der Waals surface area contributed by atoms with E-state index in [9.17, 15) is 4.79 Å². The Morgan fingerprint density at radius 3 is 2.00 bits per heavy atom. The van der Waals surface area contributed by atoms with Crippen molar-refractivity contribution in [2.75, 3.05) is 0 Å². The zero-order chi connectivity index (χ0) is 4.28. The van der Waals surface area contributed by atoms with E-state index in [4.69, 9.17) is 5.11 Å². The van der Waals surface area contributed by atoms with Gasteiger partial charge in [-0.05, 0) is 0 Å². The first-order valence-corrected chi connectivity index (χ1v) is 4.32. The van der Waals surface area contributed by atoms with E-state index in [0.717, 1.165) is 0 Å². The summed E-state index contributed by atoms with van der Waals surface area (Å²) in [6.07, 6.45) is 0. The average Bonchev–Trinajstić information content (AvgIpc) is 1.38. The third kappa shape index (κ3) is 8.83. The average molecular weight is 240 g/mol. The normalized spacial score (nSPS) is 8.00. The van der Waals surface area contributed by atoms with Gasteiger partial charge in [-0.2, -0.15) is 0 Å². The first kappa shape index (κ1) is 9.90. The molecule has 0 fully saturated rings. The summed E-state index contributed by atoms with van der Waals surface area (Å²) in [5, 5.41) is 7.78. The number of carboxylic acid groups (broad SMARTS) is 1. The zero-order valence-corrected chi connectivity index (χ0v) is 6.82. The molecule has 0 saturated heterocycles. The van der Waals surface area contributed by atoms with Crippen molar-refractivity contribution in [3.05, 3.63) is 0 Å². The second-order valence-corrected chi connectivity index (χ2v) is 2.50. The van der Waals surface area contributed by atoms with Crippen LogP contribution in [0.1, 0.15) is 0 Å². The maximum absolute atomic E-state index is 9.42. The van der Waals surface area contributed by atoms with Crippen LogP contribution < -0.4 is 0 Å². The first-order valence-electron chi connectivity index (χ1n) is 1.18. The van der Waals surface area contributed by atoms with Crippen LogP contribution in [0.3, 0.4) is 0 Å². The SMILES string of the molecule is B[AsH]C(=O)O.[Pd]. The van der Waals surface area contributed by atoms with Gasteiger partial charge in [0, 0.05) is 20.4 Å². The summed E-state index contributed by atoms with van der Waals surface area (Å²) in [7, 11) is 0. The molecule has 0 spiro atoms. The third-order valence-electron chi connectivity index (χ3n) is 0.214. The van der Waals surface area contributed by atoms with Crippen molar-refractivity contribution in [1.82, 2.24) is 0 Å². The smallest absolute Gasteiger partial charge is 0 e.